The van der Waals surface area contributed by atoms with Gasteiger partial charge in [-0.1, -0.05) is 0 Å². The van der Waals surface area contributed by atoms with Gasteiger partial charge in [-0.05, 0) is 40.2 Å². The van der Waals surface area contributed by atoms with Gasteiger partial charge in [-0.3, -0.25) is 9.78 Å². The first-order valence-electron chi connectivity index (χ1n) is 5.49. The zero-order chi connectivity index (χ0) is 13.2. The van der Waals surface area contributed by atoms with E-state index in [0.29, 0.717) is 5.56 Å². The van der Waals surface area contributed by atoms with Gasteiger partial charge in [0.05, 0.1) is 25.9 Å². The van der Waals surface area contributed by atoms with E-state index in [1.807, 2.05) is 12.1 Å². The summed E-state index contributed by atoms with van der Waals surface area (Å²) in [5.41, 5.74) is 4.01. The molecule has 0 atom stereocenters. The molecule has 0 saturated heterocycles. The quantitative estimate of drug-likeness (QED) is 0.777. The van der Waals surface area contributed by atoms with Gasteiger partial charge in [0.2, 0.25) is 0 Å². The average Bonchev–Trinajstić information content (AvgIpc) is 2.92. The Labute approximate surface area is 121 Å². The van der Waals surface area contributed by atoms with Crippen LogP contribution in [-0.4, -0.2) is 15.9 Å². The van der Waals surface area contributed by atoms with E-state index in [0.717, 1.165) is 20.4 Å². The highest BCUT2D eigenvalue weighted by atomic mass is 79.9. The third kappa shape index (κ3) is 2.36. The molecule has 0 spiro atoms. The Morgan fingerprint density at radius 3 is 2.79 bits per heavy atom. The maximum absolute atomic E-state index is 12.1. The van der Waals surface area contributed by atoms with Crippen LogP contribution in [0.15, 0.2) is 46.6 Å². The molecule has 0 fully saturated rings. The Kier molecular flexibility index (Phi) is 3.27. The molecule has 0 bridgehead atoms. The fraction of sp³-hybridized carbons (Fsp3) is 0. The van der Waals surface area contributed by atoms with Gasteiger partial charge in [-0.2, -0.15) is 0 Å². The standard InChI is InChI=1S/C13H8BrN3OS/c14-11-9(1-2-10-12(11)19-7-16-10)17-13(18)8-3-5-15-6-4-8/h1-7H,(H,17,18). The van der Waals surface area contributed by atoms with Crippen molar-refractivity contribution in [1.29, 1.82) is 0 Å². The molecule has 0 aliphatic carbocycles. The lowest BCUT2D eigenvalue weighted by molar-refractivity contribution is 0.102. The van der Waals surface area contributed by atoms with Crippen molar-refractivity contribution in [2.24, 2.45) is 0 Å². The molecule has 19 heavy (non-hydrogen) atoms. The number of carbonyl (C=O) groups excluding carboxylic acids is 1. The molecule has 2 aromatic heterocycles. The number of anilines is 1. The first kappa shape index (κ1) is 12.3. The number of amides is 1. The summed E-state index contributed by atoms with van der Waals surface area (Å²) in [6, 6.07) is 7.08. The van der Waals surface area contributed by atoms with Crippen LogP contribution < -0.4 is 5.32 Å². The number of nitrogens with zero attached hydrogens (tertiary/aromatic N) is 2. The lowest BCUT2D eigenvalue weighted by Crippen LogP contribution is -2.12. The number of hydrogen-bond acceptors (Lipinski definition) is 4. The van der Waals surface area contributed by atoms with Crippen LogP contribution in [0.25, 0.3) is 10.2 Å². The third-order valence-corrected chi connectivity index (χ3v) is 4.58. The number of benzene rings is 1. The van der Waals surface area contributed by atoms with Crippen molar-refractivity contribution >= 4 is 49.1 Å². The SMILES string of the molecule is O=C(Nc1ccc2ncsc2c1Br)c1ccncc1. The van der Waals surface area contributed by atoms with E-state index in [-0.39, 0.29) is 5.91 Å². The topological polar surface area (TPSA) is 54.9 Å². The van der Waals surface area contributed by atoms with Gasteiger partial charge in [0, 0.05) is 18.0 Å². The number of hydrogen-bond donors (Lipinski definition) is 1. The molecule has 1 N–H and O–H groups in total. The molecule has 1 aromatic carbocycles. The predicted octanol–water partition coefficient (Wildman–Crippen LogP) is 3.71. The molecule has 3 aromatic rings. The van der Waals surface area contributed by atoms with Gasteiger partial charge in [0.25, 0.3) is 5.91 Å². The smallest absolute Gasteiger partial charge is 0.255 e. The third-order valence-electron chi connectivity index (χ3n) is 2.63. The largest absolute Gasteiger partial charge is 0.321 e. The second-order valence-corrected chi connectivity index (χ2v) is 5.47. The Bertz CT molecular complexity index is 742. The van der Waals surface area contributed by atoms with Crippen LogP contribution in [0.1, 0.15) is 10.4 Å². The molecular weight excluding hydrogens is 326 g/mol. The van der Waals surface area contributed by atoms with E-state index in [1.165, 1.54) is 11.3 Å². The second-order valence-electron chi connectivity index (χ2n) is 3.82. The van der Waals surface area contributed by atoms with E-state index in [1.54, 1.807) is 30.0 Å². The van der Waals surface area contributed by atoms with Crippen LogP contribution in [0.5, 0.6) is 0 Å². The highest BCUT2D eigenvalue weighted by Crippen LogP contribution is 2.33. The van der Waals surface area contributed by atoms with Crippen LogP contribution in [0.3, 0.4) is 0 Å². The van der Waals surface area contributed by atoms with Gasteiger partial charge in [-0.15, -0.1) is 11.3 Å². The van der Waals surface area contributed by atoms with Crippen molar-refractivity contribution < 1.29 is 4.79 Å². The molecule has 0 aliphatic rings. The minimum atomic E-state index is -0.160. The molecule has 6 heteroatoms. The van der Waals surface area contributed by atoms with Crippen LogP contribution >= 0.6 is 27.3 Å². The van der Waals surface area contributed by atoms with Crippen molar-refractivity contribution in [1.82, 2.24) is 9.97 Å². The maximum atomic E-state index is 12.1. The lowest BCUT2D eigenvalue weighted by atomic mass is 10.2. The van der Waals surface area contributed by atoms with Crippen LogP contribution in [0, 0.1) is 0 Å². The summed E-state index contributed by atoms with van der Waals surface area (Å²) >= 11 is 5.04. The normalized spacial score (nSPS) is 10.6. The van der Waals surface area contributed by atoms with Crippen molar-refractivity contribution in [2.45, 2.75) is 0 Å². The molecule has 0 aliphatic heterocycles. The fourth-order valence-corrected chi connectivity index (χ4v) is 3.13. The van der Waals surface area contributed by atoms with Gasteiger partial charge in [-0.25, -0.2) is 4.98 Å². The monoisotopic (exact) mass is 333 g/mol. The first-order chi connectivity index (χ1) is 9.25. The summed E-state index contributed by atoms with van der Waals surface area (Å²) in [6.07, 6.45) is 3.19. The van der Waals surface area contributed by atoms with E-state index < -0.39 is 0 Å². The minimum Gasteiger partial charge on any atom is -0.321 e. The van der Waals surface area contributed by atoms with E-state index in [2.05, 4.69) is 31.2 Å². The maximum Gasteiger partial charge on any atom is 0.255 e. The minimum absolute atomic E-state index is 0.160. The van der Waals surface area contributed by atoms with E-state index in [9.17, 15) is 4.79 Å². The van der Waals surface area contributed by atoms with Crippen LogP contribution in [0.2, 0.25) is 0 Å². The lowest BCUT2D eigenvalue weighted by Gasteiger charge is -2.07. The number of thiazole rings is 1. The Balaban J connectivity index is 1.93. The van der Waals surface area contributed by atoms with Crippen molar-refractivity contribution in [2.75, 3.05) is 5.32 Å². The first-order valence-corrected chi connectivity index (χ1v) is 7.16. The Morgan fingerprint density at radius 1 is 1.21 bits per heavy atom. The zero-order valence-corrected chi connectivity index (χ0v) is 12.0. The summed E-state index contributed by atoms with van der Waals surface area (Å²) in [7, 11) is 0. The fourth-order valence-electron chi connectivity index (χ4n) is 1.69. The summed E-state index contributed by atoms with van der Waals surface area (Å²) < 4.78 is 1.88. The molecule has 1 amide bonds. The average molecular weight is 334 g/mol. The Hall–Kier alpha value is -1.79. The molecule has 0 radical (unpaired) electrons. The second kappa shape index (κ2) is 5.07. The molecular formula is C13H8BrN3OS. The number of halogens is 1. The number of rotatable bonds is 2. The number of fused-ring (bicyclic) bond motifs is 1. The Morgan fingerprint density at radius 2 is 2.00 bits per heavy atom. The summed E-state index contributed by atoms with van der Waals surface area (Å²) in [4.78, 5) is 20.2. The number of carbonyl (C=O) groups is 1. The zero-order valence-electron chi connectivity index (χ0n) is 9.63. The number of pyridine rings is 1. The summed E-state index contributed by atoms with van der Waals surface area (Å²) in [6.45, 7) is 0. The van der Waals surface area contributed by atoms with Crippen molar-refractivity contribution in [3.63, 3.8) is 0 Å². The van der Waals surface area contributed by atoms with Crippen molar-refractivity contribution in [3.05, 3.63) is 52.2 Å². The van der Waals surface area contributed by atoms with Gasteiger partial charge < -0.3 is 5.32 Å². The summed E-state index contributed by atoms with van der Waals surface area (Å²) in [5.74, 6) is -0.160. The number of aromatic nitrogens is 2. The predicted molar refractivity (Wildman–Crippen MR) is 79.5 cm³/mol. The molecule has 3 rings (SSSR count). The van der Waals surface area contributed by atoms with E-state index in [4.69, 9.17) is 0 Å². The highest BCUT2D eigenvalue weighted by molar-refractivity contribution is 9.10. The van der Waals surface area contributed by atoms with Gasteiger partial charge in [0.15, 0.2) is 0 Å². The van der Waals surface area contributed by atoms with Crippen LogP contribution in [0.4, 0.5) is 5.69 Å². The molecule has 4 nitrogen and oxygen atoms in total. The van der Waals surface area contributed by atoms with Crippen molar-refractivity contribution in [3.8, 4) is 0 Å². The molecule has 94 valence electrons. The number of nitrogens with one attached hydrogen (secondary N) is 1. The molecule has 2 heterocycles. The molecule has 0 unspecified atom stereocenters. The van der Waals surface area contributed by atoms with Crippen LogP contribution in [-0.2, 0) is 0 Å². The van der Waals surface area contributed by atoms with E-state index >= 15 is 0 Å². The molecule has 0 saturated carbocycles. The highest BCUT2D eigenvalue weighted by Gasteiger charge is 2.11. The van der Waals surface area contributed by atoms with Gasteiger partial charge in [0.1, 0.15) is 0 Å². The summed E-state index contributed by atoms with van der Waals surface area (Å²) in [5, 5.41) is 2.87. The van der Waals surface area contributed by atoms with Gasteiger partial charge >= 0.3 is 0 Å².